The molecule has 0 fully saturated rings. The van der Waals surface area contributed by atoms with Gasteiger partial charge in [0.15, 0.2) is 5.82 Å². The Morgan fingerprint density at radius 1 is 1.18 bits per heavy atom. The summed E-state index contributed by atoms with van der Waals surface area (Å²) in [5.74, 6) is 1.56. The van der Waals surface area contributed by atoms with E-state index in [0.717, 1.165) is 29.8 Å². The summed E-state index contributed by atoms with van der Waals surface area (Å²) in [6.07, 6.45) is 4.34. The number of hydrogen-bond donors (Lipinski definition) is 2. The highest BCUT2D eigenvalue weighted by molar-refractivity contribution is 6.02. The molecule has 0 spiro atoms. The van der Waals surface area contributed by atoms with Gasteiger partial charge in [0.05, 0.1) is 6.61 Å². The van der Waals surface area contributed by atoms with Gasteiger partial charge in [0.2, 0.25) is 5.91 Å². The first-order chi connectivity index (χ1) is 16.4. The van der Waals surface area contributed by atoms with Crippen LogP contribution < -0.4 is 5.32 Å². The molecule has 10 heteroatoms. The number of aliphatic hydroxyl groups is 1. The van der Waals surface area contributed by atoms with Crippen molar-refractivity contribution in [1.82, 2.24) is 29.6 Å². The Kier molecular flexibility index (Phi) is 5.60. The van der Waals surface area contributed by atoms with Crippen LogP contribution in [0.4, 0.5) is 5.82 Å². The highest BCUT2D eigenvalue weighted by Gasteiger charge is 2.34. The van der Waals surface area contributed by atoms with Gasteiger partial charge in [0.25, 0.3) is 5.91 Å². The molecule has 5 heterocycles. The van der Waals surface area contributed by atoms with Crippen molar-refractivity contribution in [3.05, 3.63) is 53.1 Å². The lowest BCUT2D eigenvalue weighted by Gasteiger charge is -2.28. The predicted molar refractivity (Wildman–Crippen MR) is 124 cm³/mol. The average molecular weight is 462 g/mol. The smallest absolute Gasteiger partial charge is 0.275 e. The molecule has 2 N–H and O–H groups in total. The number of carbonyl (C=O) groups excluding carboxylic acids is 2. The topological polar surface area (TPSA) is 126 Å². The van der Waals surface area contributed by atoms with Crippen LogP contribution in [0.25, 0.3) is 11.5 Å². The van der Waals surface area contributed by atoms with Crippen molar-refractivity contribution in [2.24, 2.45) is 0 Å². The molecule has 5 rings (SSSR count). The van der Waals surface area contributed by atoms with E-state index in [1.807, 2.05) is 12.1 Å². The number of nitrogens with zero attached hydrogens (tertiary/aromatic N) is 6. The number of nitrogens with one attached hydrogen (secondary N) is 1. The molecule has 0 atom stereocenters. The van der Waals surface area contributed by atoms with Crippen LogP contribution in [-0.4, -0.2) is 59.7 Å². The molecule has 2 aliphatic heterocycles. The largest absolute Gasteiger partial charge is 0.396 e. The maximum Gasteiger partial charge on any atom is 0.275 e. The van der Waals surface area contributed by atoms with Crippen LogP contribution >= 0.6 is 0 Å². The molecule has 10 nitrogen and oxygen atoms in total. The first kappa shape index (κ1) is 22.1. The molecular formula is C24H27N7O3. The second-order valence-electron chi connectivity index (χ2n) is 9.33. The minimum absolute atomic E-state index is 0.0887. The number of pyridine rings is 2. The van der Waals surface area contributed by atoms with E-state index < -0.39 is 0 Å². The van der Waals surface area contributed by atoms with Gasteiger partial charge in [-0.25, -0.2) is 4.98 Å². The van der Waals surface area contributed by atoms with E-state index in [1.165, 1.54) is 0 Å². The van der Waals surface area contributed by atoms with Crippen molar-refractivity contribution < 1.29 is 14.7 Å². The lowest BCUT2D eigenvalue weighted by atomic mass is 10.0. The van der Waals surface area contributed by atoms with Crippen molar-refractivity contribution in [2.75, 3.05) is 18.5 Å². The molecule has 0 saturated heterocycles. The van der Waals surface area contributed by atoms with E-state index in [-0.39, 0.29) is 36.1 Å². The monoisotopic (exact) mass is 461 g/mol. The Morgan fingerprint density at radius 3 is 2.85 bits per heavy atom. The molecule has 34 heavy (non-hydrogen) atoms. The maximum absolute atomic E-state index is 12.9. The molecule has 0 unspecified atom stereocenters. The summed E-state index contributed by atoms with van der Waals surface area (Å²) >= 11 is 0. The molecule has 2 amide bonds. The van der Waals surface area contributed by atoms with E-state index in [2.05, 4.69) is 43.9 Å². The molecule has 176 valence electrons. The van der Waals surface area contributed by atoms with Gasteiger partial charge in [-0.15, -0.1) is 10.2 Å². The molecular weight excluding hydrogens is 434 g/mol. The van der Waals surface area contributed by atoms with Crippen molar-refractivity contribution in [2.45, 2.75) is 51.6 Å². The number of amides is 2. The van der Waals surface area contributed by atoms with Gasteiger partial charge in [-0.05, 0) is 56.0 Å². The van der Waals surface area contributed by atoms with Crippen molar-refractivity contribution in [3.63, 3.8) is 0 Å². The maximum atomic E-state index is 12.9. The Hall–Kier alpha value is -3.66. The first-order valence-corrected chi connectivity index (χ1v) is 11.5. The number of aliphatic hydroxyl groups excluding tert-OH is 1. The average Bonchev–Trinajstić information content (AvgIpc) is 3.40. The fourth-order valence-electron chi connectivity index (χ4n) is 4.65. The lowest BCUT2D eigenvalue weighted by molar-refractivity contribution is -0.132. The Morgan fingerprint density at radius 2 is 2.03 bits per heavy atom. The number of fused-ring (bicyclic) bond motifs is 2. The SMILES string of the molecule is CC1(C)CCc2nnc(-c3cccc(NC(=O)c4cc5c(cn4)CCN(C(=O)CCO)C5)n3)n21. The Bertz CT molecular complexity index is 1270. The highest BCUT2D eigenvalue weighted by Crippen LogP contribution is 2.34. The minimum Gasteiger partial charge on any atom is -0.396 e. The molecule has 0 radical (unpaired) electrons. The number of aryl methyl sites for hydroxylation is 1. The van der Waals surface area contributed by atoms with Gasteiger partial charge in [-0.1, -0.05) is 6.07 Å². The van der Waals surface area contributed by atoms with Crippen molar-refractivity contribution in [3.8, 4) is 11.5 Å². The fourth-order valence-corrected chi connectivity index (χ4v) is 4.65. The summed E-state index contributed by atoms with van der Waals surface area (Å²) in [7, 11) is 0. The van der Waals surface area contributed by atoms with Crippen molar-refractivity contribution in [1.29, 1.82) is 0 Å². The zero-order valence-corrected chi connectivity index (χ0v) is 19.3. The molecule has 2 aliphatic rings. The van der Waals surface area contributed by atoms with E-state index in [4.69, 9.17) is 5.11 Å². The molecule has 0 aromatic carbocycles. The van der Waals surface area contributed by atoms with Gasteiger partial charge < -0.3 is 19.9 Å². The van der Waals surface area contributed by atoms with Crippen LogP contribution in [0, 0.1) is 0 Å². The predicted octanol–water partition coefficient (Wildman–Crippen LogP) is 1.94. The van der Waals surface area contributed by atoms with Gasteiger partial charge in [0.1, 0.15) is 23.0 Å². The summed E-state index contributed by atoms with van der Waals surface area (Å²) < 4.78 is 2.12. The molecule has 0 aliphatic carbocycles. The second kappa shape index (κ2) is 8.60. The third-order valence-corrected chi connectivity index (χ3v) is 6.52. The molecule has 3 aromatic rings. The van der Waals surface area contributed by atoms with Crippen LogP contribution in [0.3, 0.4) is 0 Å². The first-order valence-electron chi connectivity index (χ1n) is 11.5. The third kappa shape index (κ3) is 4.05. The minimum atomic E-state index is -0.377. The molecule has 0 saturated carbocycles. The van der Waals surface area contributed by atoms with Gasteiger partial charge in [0, 0.05) is 37.7 Å². The normalized spacial score (nSPS) is 16.1. The van der Waals surface area contributed by atoms with Crippen LogP contribution in [0.1, 0.15) is 54.1 Å². The van der Waals surface area contributed by atoms with Crippen LogP contribution in [-0.2, 0) is 29.7 Å². The zero-order valence-electron chi connectivity index (χ0n) is 19.3. The molecule has 0 bridgehead atoms. The van der Waals surface area contributed by atoms with Crippen LogP contribution in [0.5, 0.6) is 0 Å². The van der Waals surface area contributed by atoms with Crippen LogP contribution in [0.2, 0.25) is 0 Å². The Labute approximate surface area is 197 Å². The number of rotatable bonds is 5. The number of hydrogen-bond acceptors (Lipinski definition) is 7. The number of carbonyl (C=O) groups is 2. The third-order valence-electron chi connectivity index (χ3n) is 6.52. The quantitative estimate of drug-likeness (QED) is 0.595. The summed E-state index contributed by atoms with van der Waals surface area (Å²) in [6, 6.07) is 7.13. The summed E-state index contributed by atoms with van der Waals surface area (Å²) in [4.78, 5) is 35.7. The highest BCUT2D eigenvalue weighted by atomic mass is 16.3. The second-order valence-corrected chi connectivity index (χ2v) is 9.33. The van der Waals surface area contributed by atoms with E-state index >= 15 is 0 Å². The van der Waals surface area contributed by atoms with Gasteiger partial charge >= 0.3 is 0 Å². The van der Waals surface area contributed by atoms with E-state index in [9.17, 15) is 9.59 Å². The summed E-state index contributed by atoms with van der Waals surface area (Å²) in [6.45, 7) is 5.12. The van der Waals surface area contributed by atoms with Gasteiger partial charge in [-0.2, -0.15) is 0 Å². The van der Waals surface area contributed by atoms with Crippen LogP contribution in [0.15, 0.2) is 30.5 Å². The molecule has 3 aromatic heterocycles. The van der Waals surface area contributed by atoms with Gasteiger partial charge in [-0.3, -0.25) is 14.6 Å². The zero-order chi connectivity index (χ0) is 23.9. The number of anilines is 1. The summed E-state index contributed by atoms with van der Waals surface area (Å²) in [5, 5.41) is 20.5. The lowest BCUT2D eigenvalue weighted by Crippen LogP contribution is -2.36. The van der Waals surface area contributed by atoms with E-state index in [0.29, 0.717) is 36.8 Å². The van der Waals surface area contributed by atoms with Crippen molar-refractivity contribution >= 4 is 17.6 Å². The summed E-state index contributed by atoms with van der Waals surface area (Å²) in [5.41, 5.74) is 2.72. The standard InChI is InChI=1S/C24H27N7O3/c1-24(2)9-6-20-28-29-22(31(20)24)17-4-3-5-19(26-17)27-23(34)18-12-16-14-30(21(33)8-11-32)10-7-15(16)13-25-18/h3-5,12-13,32H,6-11,14H2,1-2H3,(H,26,27,34). The fraction of sp³-hybridized carbons (Fsp3) is 0.417. The number of aromatic nitrogens is 5. The Balaban J connectivity index is 1.35. The van der Waals surface area contributed by atoms with E-state index in [1.54, 1.807) is 23.2 Å².